The van der Waals surface area contributed by atoms with E-state index in [1.807, 2.05) is 0 Å². The van der Waals surface area contributed by atoms with E-state index in [9.17, 15) is 4.79 Å². The van der Waals surface area contributed by atoms with Crippen LogP contribution in [-0.4, -0.2) is 76.1 Å². The number of hydrogen-bond donors (Lipinski definition) is 1. The monoisotopic (exact) mass is 308 g/mol. The number of piperazine rings is 1. The number of carbonyl (C=O) groups excluding carboxylic acids is 1. The zero-order valence-electron chi connectivity index (χ0n) is 13.4. The maximum absolute atomic E-state index is 12.4. The number of ether oxygens (including phenoxy) is 2. The average molecular weight is 308 g/mol. The second-order valence-corrected chi connectivity index (χ2v) is 5.28. The number of pyridine rings is 1. The van der Waals surface area contributed by atoms with Crippen LogP contribution in [-0.2, 0) is 9.47 Å². The number of methoxy groups -OCH3 is 2. The van der Waals surface area contributed by atoms with Crippen molar-refractivity contribution in [3.05, 3.63) is 23.9 Å². The van der Waals surface area contributed by atoms with Gasteiger partial charge in [0.2, 0.25) is 0 Å². The number of carbonyl (C=O) groups is 1. The van der Waals surface area contributed by atoms with E-state index in [2.05, 4.69) is 27.1 Å². The Morgan fingerprint density at radius 2 is 2.00 bits per heavy atom. The molecule has 1 saturated heterocycles. The highest BCUT2D eigenvalue weighted by molar-refractivity contribution is 5.98. The molecule has 7 heteroatoms. The third-order valence-electron chi connectivity index (χ3n) is 3.79. The van der Waals surface area contributed by atoms with E-state index in [1.165, 1.54) is 0 Å². The molecule has 0 atom stereocenters. The second kappa shape index (κ2) is 8.07. The van der Waals surface area contributed by atoms with E-state index in [1.54, 1.807) is 32.5 Å². The summed E-state index contributed by atoms with van der Waals surface area (Å²) in [5.41, 5.74) is 0.581. The highest BCUT2D eigenvalue weighted by Gasteiger charge is 2.21. The van der Waals surface area contributed by atoms with Crippen molar-refractivity contribution >= 4 is 11.7 Å². The largest absolute Gasteiger partial charge is 0.354 e. The minimum Gasteiger partial charge on any atom is -0.354 e. The molecule has 0 aromatic carbocycles. The van der Waals surface area contributed by atoms with Crippen molar-refractivity contribution in [2.45, 2.75) is 6.29 Å². The van der Waals surface area contributed by atoms with Crippen molar-refractivity contribution in [1.29, 1.82) is 0 Å². The van der Waals surface area contributed by atoms with Crippen molar-refractivity contribution < 1.29 is 14.3 Å². The highest BCUT2D eigenvalue weighted by atomic mass is 16.7. The zero-order chi connectivity index (χ0) is 15.9. The Balaban J connectivity index is 2.05. The Morgan fingerprint density at radius 3 is 2.64 bits per heavy atom. The van der Waals surface area contributed by atoms with Gasteiger partial charge in [-0.25, -0.2) is 4.98 Å². The number of nitrogens with one attached hydrogen (secondary N) is 1. The molecule has 1 aromatic rings. The molecule has 1 N–H and O–H groups in total. The first-order valence-corrected chi connectivity index (χ1v) is 7.38. The van der Waals surface area contributed by atoms with Crippen LogP contribution in [0.2, 0.25) is 0 Å². The number of anilines is 1. The molecule has 1 aromatic heterocycles. The van der Waals surface area contributed by atoms with Gasteiger partial charge in [-0.1, -0.05) is 0 Å². The van der Waals surface area contributed by atoms with Crippen molar-refractivity contribution in [3.8, 4) is 0 Å². The van der Waals surface area contributed by atoms with E-state index < -0.39 is 6.29 Å². The Hall–Kier alpha value is -1.70. The molecule has 0 bridgehead atoms. The van der Waals surface area contributed by atoms with Crippen LogP contribution in [0.3, 0.4) is 0 Å². The van der Waals surface area contributed by atoms with Crippen LogP contribution < -0.4 is 10.2 Å². The van der Waals surface area contributed by atoms with Crippen molar-refractivity contribution in [1.82, 2.24) is 15.2 Å². The number of rotatable bonds is 6. The van der Waals surface area contributed by atoms with Crippen molar-refractivity contribution in [2.75, 3.05) is 58.9 Å². The number of amides is 1. The molecular formula is C15H24N4O3. The van der Waals surface area contributed by atoms with Gasteiger partial charge < -0.3 is 24.6 Å². The first-order valence-electron chi connectivity index (χ1n) is 7.38. The van der Waals surface area contributed by atoms with Crippen LogP contribution in [0.25, 0.3) is 0 Å². The zero-order valence-corrected chi connectivity index (χ0v) is 13.4. The van der Waals surface area contributed by atoms with Gasteiger partial charge in [-0.2, -0.15) is 0 Å². The average Bonchev–Trinajstić information content (AvgIpc) is 2.56. The maximum atomic E-state index is 12.4. The molecule has 122 valence electrons. The third kappa shape index (κ3) is 4.16. The molecule has 0 unspecified atom stereocenters. The Labute approximate surface area is 131 Å². The summed E-state index contributed by atoms with van der Waals surface area (Å²) in [6.45, 7) is 3.96. The molecule has 22 heavy (non-hydrogen) atoms. The van der Waals surface area contributed by atoms with Crippen LogP contribution in [0.4, 0.5) is 5.82 Å². The molecule has 1 aliphatic heterocycles. The van der Waals surface area contributed by atoms with Gasteiger partial charge in [-0.15, -0.1) is 0 Å². The standard InChI is InChI=1S/C15H24N4O3/c1-18-7-9-19(10-8-18)14-12(5-4-6-16-14)15(20)17-11-13(21-2)22-3/h4-6,13H,7-11H2,1-3H3,(H,17,20). The topological polar surface area (TPSA) is 66.9 Å². The molecule has 1 amide bonds. The second-order valence-electron chi connectivity index (χ2n) is 5.28. The van der Waals surface area contributed by atoms with Gasteiger partial charge in [0.15, 0.2) is 6.29 Å². The van der Waals surface area contributed by atoms with Crippen LogP contribution in [0.15, 0.2) is 18.3 Å². The van der Waals surface area contributed by atoms with Gasteiger partial charge in [-0.3, -0.25) is 4.79 Å². The first-order chi connectivity index (χ1) is 10.7. The molecule has 0 saturated carbocycles. The lowest BCUT2D eigenvalue weighted by molar-refractivity contribution is -0.0974. The summed E-state index contributed by atoms with van der Waals surface area (Å²) in [4.78, 5) is 21.2. The summed E-state index contributed by atoms with van der Waals surface area (Å²) in [6.07, 6.45) is 1.27. The minimum atomic E-state index is -0.451. The molecule has 0 radical (unpaired) electrons. The van der Waals surface area contributed by atoms with Gasteiger partial charge in [0.05, 0.1) is 12.1 Å². The molecule has 1 aliphatic rings. The van der Waals surface area contributed by atoms with E-state index in [-0.39, 0.29) is 5.91 Å². The summed E-state index contributed by atoms with van der Waals surface area (Å²) >= 11 is 0. The predicted molar refractivity (Wildman–Crippen MR) is 84.1 cm³/mol. The fraction of sp³-hybridized carbons (Fsp3) is 0.600. The van der Waals surface area contributed by atoms with Crippen molar-refractivity contribution in [3.63, 3.8) is 0 Å². The number of aromatic nitrogens is 1. The van der Waals surface area contributed by atoms with Crippen LogP contribution in [0, 0.1) is 0 Å². The molecular weight excluding hydrogens is 284 g/mol. The molecule has 1 fully saturated rings. The van der Waals surface area contributed by atoms with Crippen LogP contribution >= 0.6 is 0 Å². The first kappa shape index (κ1) is 16.7. The fourth-order valence-corrected chi connectivity index (χ4v) is 2.38. The SMILES string of the molecule is COC(CNC(=O)c1cccnc1N1CCN(C)CC1)OC. The lowest BCUT2D eigenvalue weighted by atomic mass is 10.2. The Morgan fingerprint density at radius 1 is 1.32 bits per heavy atom. The molecule has 0 aliphatic carbocycles. The predicted octanol–water partition coefficient (Wildman–Crippen LogP) is 0.182. The summed E-state index contributed by atoms with van der Waals surface area (Å²) in [6, 6.07) is 3.57. The molecule has 2 heterocycles. The minimum absolute atomic E-state index is 0.166. The van der Waals surface area contributed by atoms with E-state index in [0.29, 0.717) is 12.1 Å². The van der Waals surface area contributed by atoms with E-state index >= 15 is 0 Å². The summed E-state index contributed by atoms with van der Waals surface area (Å²) in [5.74, 6) is 0.570. The van der Waals surface area contributed by atoms with Gasteiger partial charge in [0, 0.05) is 46.6 Å². The highest BCUT2D eigenvalue weighted by Crippen LogP contribution is 2.18. The number of hydrogen-bond acceptors (Lipinski definition) is 6. The smallest absolute Gasteiger partial charge is 0.255 e. The number of nitrogens with zero attached hydrogens (tertiary/aromatic N) is 3. The lowest BCUT2D eigenvalue weighted by Crippen LogP contribution is -2.45. The normalized spacial score (nSPS) is 16.1. The maximum Gasteiger partial charge on any atom is 0.255 e. The Kier molecular flexibility index (Phi) is 6.11. The van der Waals surface area contributed by atoms with Gasteiger partial charge in [0.25, 0.3) is 5.91 Å². The van der Waals surface area contributed by atoms with Crippen LogP contribution in [0.5, 0.6) is 0 Å². The van der Waals surface area contributed by atoms with Crippen molar-refractivity contribution in [2.24, 2.45) is 0 Å². The van der Waals surface area contributed by atoms with Gasteiger partial charge >= 0.3 is 0 Å². The molecule has 2 rings (SSSR count). The fourth-order valence-electron chi connectivity index (χ4n) is 2.38. The number of likely N-dealkylation sites (N-methyl/N-ethyl adjacent to an activating group) is 1. The van der Waals surface area contributed by atoms with E-state index in [0.717, 1.165) is 32.0 Å². The van der Waals surface area contributed by atoms with Gasteiger partial charge in [0.1, 0.15) is 5.82 Å². The molecule has 7 nitrogen and oxygen atoms in total. The summed E-state index contributed by atoms with van der Waals surface area (Å²) in [5, 5.41) is 2.82. The molecule has 0 spiro atoms. The Bertz CT molecular complexity index is 485. The van der Waals surface area contributed by atoms with Crippen LogP contribution in [0.1, 0.15) is 10.4 Å². The van der Waals surface area contributed by atoms with Gasteiger partial charge in [-0.05, 0) is 19.2 Å². The van der Waals surface area contributed by atoms with E-state index in [4.69, 9.17) is 9.47 Å². The lowest BCUT2D eigenvalue weighted by Gasteiger charge is -2.34. The summed E-state index contributed by atoms with van der Waals surface area (Å²) < 4.78 is 10.2. The third-order valence-corrected chi connectivity index (χ3v) is 3.79. The quantitative estimate of drug-likeness (QED) is 0.756. The summed E-state index contributed by atoms with van der Waals surface area (Å²) in [7, 11) is 5.18.